The zero-order chi connectivity index (χ0) is 15.0. The van der Waals surface area contributed by atoms with Gasteiger partial charge in [-0.2, -0.15) is 0 Å². The van der Waals surface area contributed by atoms with Crippen LogP contribution in [-0.2, 0) is 0 Å². The summed E-state index contributed by atoms with van der Waals surface area (Å²) in [7, 11) is 0. The Morgan fingerprint density at radius 1 is 1.10 bits per heavy atom. The Bertz CT molecular complexity index is 734. The maximum absolute atomic E-state index is 9.97. The number of hydrogen-bond acceptors (Lipinski definition) is 3. The molecule has 0 spiro atoms. The molecule has 0 bridgehead atoms. The summed E-state index contributed by atoms with van der Waals surface area (Å²) in [5, 5.41) is 11.2. The lowest BCUT2D eigenvalue weighted by molar-refractivity contribution is 0.472. The summed E-state index contributed by atoms with van der Waals surface area (Å²) < 4.78 is 0.894. The second kappa shape index (κ2) is 5.89. The number of hydrogen-bond donors (Lipinski definition) is 3. The van der Waals surface area contributed by atoms with Crippen LogP contribution in [0.5, 0.6) is 5.75 Å². The molecule has 6 heteroatoms. The molecule has 0 radical (unpaired) electrons. The largest absolute Gasteiger partial charge is 0.507 e. The minimum absolute atomic E-state index is 0.0943. The molecule has 0 aliphatic carbocycles. The summed E-state index contributed by atoms with van der Waals surface area (Å²) in [5.41, 5.74) is 8.63. The molecule has 0 saturated carbocycles. The van der Waals surface area contributed by atoms with Crippen LogP contribution in [0.25, 0.3) is 5.70 Å². The van der Waals surface area contributed by atoms with E-state index >= 15 is 0 Å². The summed E-state index contributed by atoms with van der Waals surface area (Å²) in [6.07, 6.45) is 1.97. The Labute approximate surface area is 140 Å². The monoisotopic (exact) mass is 384 g/mol. The fraction of sp³-hybridized carbons (Fsp3) is 0.0667. The highest BCUT2D eigenvalue weighted by Crippen LogP contribution is 2.34. The molecule has 1 heterocycles. The van der Waals surface area contributed by atoms with Gasteiger partial charge in [-0.3, -0.25) is 0 Å². The molecular weight excluding hydrogens is 375 g/mol. The molecule has 0 unspecified atom stereocenters. The van der Waals surface area contributed by atoms with Gasteiger partial charge < -0.3 is 10.5 Å². The van der Waals surface area contributed by atoms with E-state index < -0.39 is 0 Å². The highest BCUT2D eigenvalue weighted by atomic mass is 79.9. The first-order valence-electron chi connectivity index (χ1n) is 6.22. The van der Waals surface area contributed by atoms with Crippen LogP contribution in [0.15, 0.2) is 46.9 Å². The van der Waals surface area contributed by atoms with Crippen LogP contribution in [0.2, 0.25) is 10.0 Å². The number of aromatic hydroxyl groups is 1. The van der Waals surface area contributed by atoms with Crippen molar-refractivity contribution in [3.8, 4) is 5.75 Å². The summed E-state index contributed by atoms with van der Waals surface area (Å²) in [6, 6.07) is 10.6. The average Bonchev–Trinajstić information content (AvgIpc) is 2.91. The maximum Gasteiger partial charge on any atom is 0.124 e. The van der Waals surface area contributed by atoms with Crippen molar-refractivity contribution in [3.63, 3.8) is 0 Å². The van der Waals surface area contributed by atoms with Crippen molar-refractivity contribution in [3.05, 3.63) is 68.1 Å². The lowest BCUT2D eigenvalue weighted by Gasteiger charge is -2.11. The first kappa shape index (κ1) is 14.7. The van der Waals surface area contributed by atoms with E-state index in [2.05, 4.69) is 26.8 Å². The van der Waals surface area contributed by atoms with Gasteiger partial charge in [-0.25, -0.2) is 5.43 Å². The molecular formula is C15H11BrCl2N2O. The van der Waals surface area contributed by atoms with Gasteiger partial charge in [-0.15, -0.1) is 0 Å². The SMILES string of the molecule is Oc1ccc(Br)cc1C1=C[C@@H](c2ccc(Cl)cc2Cl)NN1. The van der Waals surface area contributed by atoms with Crippen molar-refractivity contribution in [2.45, 2.75) is 6.04 Å². The van der Waals surface area contributed by atoms with Crippen molar-refractivity contribution < 1.29 is 5.11 Å². The van der Waals surface area contributed by atoms with Crippen molar-refractivity contribution in [1.82, 2.24) is 10.9 Å². The first-order chi connectivity index (χ1) is 10.0. The van der Waals surface area contributed by atoms with E-state index in [0.29, 0.717) is 15.6 Å². The molecule has 0 saturated heterocycles. The molecule has 3 rings (SSSR count). The molecule has 3 N–H and O–H groups in total. The van der Waals surface area contributed by atoms with Gasteiger partial charge in [0.25, 0.3) is 0 Å². The third kappa shape index (κ3) is 3.04. The van der Waals surface area contributed by atoms with Gasteiger partial charge in [0, 0.05) is 20.1 Å². The topological polar surface area (TPSA) is 44.3 Å². The van der Waals surface area contributed by atoms with E-state index in [1.165, 1.54) is 0 Å². The Balaban J connectivity index is 1.95. The molecule has 3 nitrogen and oxygen atoms in total. The Morgan fingerprint density at radius 2 is 1.90 bits per heavy atom. The number of halogens is 3. The number of phenolic OH excluding ortho intramolecular Hbond substituents is 1. The average molecular weight is 386 g/mol. The number of rotatable bonds is 2. The molecule has 1 atom stereocenters. The standard InChI is InChI=1S/C15H11BrCl2N2O/c16-8-1-4-15(21)11(5-8)14-7-13(19-20-14)10-3-2-9(17)6-12(10)18/h1-7,13,19-21H/t13-/m0/s1. The van der Waals surface area contributed by atoms with Gasteiger partial charge in [-0.05, 0) is 42.0 Å². The molecule has 1 aliphatic rings. The van der Waals surface area contributed by atoms with Crippen molar-refractivity contribution in [2.24, 2.45) is 0 Å². The normalized spacial score (nSPS) is 17.5. The fourth-order valence-corrected chi connectivity index (χ4v) is 3.09. The van der Waals surface area contributed by atoms with E-state index in [9.17, 15) is 5.11 Å². The van der Waals surface area contributed by atoms with Gasteiger partial charge in [0.05, 0.1) is 11.7 Å². The van der Waals surface area contributed by atoms with E-state index in [-0.39, 0.29) is 11.8 Å². The number of nitrogens with one attached hydrogen (secondary N) is 2. The van der Waals surface area contributed by atoms with Crippen LogP contribution >= 0.6 is 39.1 Å². The van der Waals surface area contributed by atoms with Gasteiger partial charge in [0.1, 0.15) is 5.75 Å². The lowest BCUT2D eigenvalue weighted by atomic mass is 10.0. The zero-order valence-corrected chi connectivity index (χ0v) is 13.8. The number of phenols is 1. The van der Waals surface area contributed by atoms with E-state index in [1.54, 1.807) is 24.3 Å². The highest BCUT2D eigenvalue weighted by molar-refractivity contribution is 9.10. The Kier molecular flexibility index (Phi) is 4.13. The second-order valence-electron chi connectivity index (χ2n) is 4.65. The third-order valence-electron chi connectivity index (χ3n) is 3.24. The predicted molar refractivity (Wildman–Crippen MR) is 89.3 cm³/mol. The van der Waals surface area contributed by atoms with Gasteiger partial charge in [0.15, 0.2) is 0 Å². The van der Waals surface area contributed by atoms with Crippen molar-refractivity contribution in [2.75, 3.05) is 0 Å². The van der Waals surface area contributed by atoms with Crippen LogP contribution in [0.1, 0.15) is 17.2 Å². The zero-order valence-electron chi connectivity index (χ0n) is 10.7. The Morgan fingerprint density at radius 3 is 2.67 bits per heavy atom. The number of hydrazine groups is 1. The first-order valence-corrected chi connectivity index (χ1v) is 7.76. The molecule has 2 aromatic carbocycles. The second-order valence-corrected chi connectivity index (χ2v) is 6.41. The number of benzene rings is 2. The summed E-state index contributed by atoms with van der Waals surface area (Å²) in [5.74, 6) is 0.210. The van der Waals surface area contributed by atoms with Crippen LogP contribution in [0, 0.1) is 0 Å². The molecule has 108 valence electrons. The molecule has 0 amide bonds. The van der Waals surface area contributed by atoms with Crippen LogP contribution in [-0.4, -0.2) is 5.11 Å². The molecule has 21 heavy (non-hydrogen) atoms. The van der Waals surface area contributed by atoms with Crippen LogP contribution < -0.4 is 10.9 Å². The third-order valence-corrected chi connectivity index (χ3v) is 4.30. The van der Waals surface area contributed by atoms with E-state index in [0.717, 1.165) is 15.7 Å². The summed E-state index contributed by atoms with van der Waals surface area (Å²) in [4.78, 5) is 0. The molecule has 2 aromatic rings. The van der Waals surface area contributed by atoms with Gasteiger partial charge >= 0.3 is 0 Å². The van der Waals surface area contributed by atoms with Crippen LogP contribution in [0.3, 0.4) is 0 Å². The summed E-state index contributed by atoms with van der Waals surface area (Å²) in [6.45, 7) is 0. The van der Waals surface area contributed by atoms with Crippen LogP contribution in [0.4, 0.5) is 0 Å². The minimum atomic E-state index is -0.0943. The minimum Gasteiger partial charge on any atom is -0.507 e. The smallest absolute Gasteiger partial charge is 0.124 e. The quantitative estimate of drug-likeness (QED) is 0.704. The van der Waals surface area contributed by atoms with E-state index in [1.807, 2.05) is 18.2 Å². The van der Waals surface area contributed by atoms with Gasteiger partial charge in [-0.1, -0.05) is 45.2 Å². The Hall–Kier alpha value is -1.20. The highest BCUT2D eigenvalue weighted by Gasteiger charge is 2.21. The molecule has 0 fully saturated rings. The van der Waals surface area contributed by atoms with Crippen molar-refractivity contribution in [1.29, 1.82) is 0 Å². The predicted octanol–water partition coefficient (Wildman–Crippen LogP) is 4.65. The fourth-order valence-electron chi connectivity index (χ4n) is 2.21. The summed E-state index contributed by atoms with van der Waals surface area (Å²) >= 11 is 15.5. The molecule has 1 aliphatic heterocycles. The maximum atomic E-state index is 9.97. The lowest BCUT2D eigenvalue weighted by Crippen LogP contribution is -2.26. The molecule has 0 aromatic heterocycles. The van der Waals surface area contributed by atoms with Crippen molar-refractivity contribution >= 4 is 44.8 Å². The van der Waals surface area contributed by atoms with E-state index in [4.69, 9.17) is 23.2 Å². The van der Waals surface area contributed by atoms with Gasteiger partial charge in [0.2, 0.25) is 0 Å².